The predicted molar refractivity (Wildman–Crippen MR) is 117 cm³/mol. The fraction of sp³-hybridized carbons (Fsp3) is 0.286. The van der Waals surface area contributed by atoms with E-state index in [2.05, 4.69) is 5.10 Å². The van der Waals surface area contributed by atoms with Gasteiger partial charge in [0.1, 0.15) is 11.4 Å². The number of hydrogen-bond donors (Lipinski definition) is 0. The Morgan fingerprint density at radius 1 is 1.09 bits per heavy atom. The van der Waals surface area contributed by atoms with Crippen LogP contribution in [0.5, 0.6) is 5.75 Å². The molecule has 176 valence electrons. The molecule has 0 unspecified atom stereocenters. The third kappa shape index (κ3) is 4.72. The summed E-state index contributed by atoms with van der Waals surface area (Å²) in [6.07, 6.45) is -4.50. The van der Waals surface area contributed by atoms with Gasteiger partial charge < -0.3 is 4.74 Å². The summed E-state index contributed by atoms with van der Waals surface area (Å²) in [5.74, 6) is 0.00369. The number of para-hydroxylation sites is 2. The molecule has 1 aliphatic heterocycles. The largest absolute Gasteiger partial charge is 0.482 e. The lowest BCUT2D eigenvalue weighted by molar-refractivity contribution is -0.153. The van der Waals surface area contributed by atoms with Gasteiger partial charge in [-0.1, -0.05) is 35.9 Å². The molecule has 0 saturated heterocycles. The molecule has 4 rings (SSSR count). The number of rotatable bonds is 6. The highest BCUT2D eigenvalue weighted by molar-refractivity contribution is 7.86. The van der Waals surface area contributed by atoms with E-state index in [9.17, 15) is 21.6 Å². The highest BCUT2D eigenvalue weighted by Crippen LogP contribution is 2.38. The van der Waals surface area contributed by atoms with Gasteiger partial charge in [-0.3, -0.25) is 0 Å². The van der Waals surface area contributed by atoms with Crippen molar-refractivity contribution in [2.45, 2.75) is 19.3 Å². The van der Waals surface area contributed by atoms with Crippen molar-refractivity contribution in [1.29, 1.82) is 0 Å². The molecule has 12 heteroatoms. The summed E-state index contributed by atoms with van der Waals surface area (Å²) >= 11 is 6.03. The average molecular weight is 501 g/mol. The molecule has 2 heterocycles. The predicted octanol–water partition coefficient (Wildman–Crippen LogP) is 4.26. The van der Waals surface area contributed by atoms with Crippen LogP contribution in [0.25, 0.3) is 16.9 Å². The van der Waals surface area contributed by atoms with Crippen LogP contribution in [-0.2, 0) is 23.3 Å². The first-order valence-electron chi connectivity index (χ1n) is 9.80. The molecule has 0 spiro atoms. The maximum atomic E-state index is 12.8. The fourth-order valence-corrected chi connectivity index (χ4v) is 4.74. The summed E-state index contributed by atoms with van der Waals surface area (Å²) < 4.78 is 72.6. The van der Waals surface area contributed by atoms with E-state index in [1.807, 2.05) is 0 Å². The molecule has 0 N–H and O–H groups in total. The normalized spacial score (nSPS) is 14.6. The SMILES string of the molecule is CN(C)S(=O)(=O)N1Cc2nn(-c3ccccc3OCC(F)(F)F)c(-c3ccc(Cl)cc3)c2C1. The number of benzene rings is 2. The molecule has 1 aliphatic rings. The van der Waals surface area contributed by atoms with Gasteiger partial charge in [-0.05, 0) is 24.3 Å². The molecule has 0 atom stereocenters. The third-order valence-corrected chi connectivity index (χ3v) is 7.20. The second-order valence-corrected chi connectivity index (χ2v) is 10.2. The van der Waals surface area contributed by atoms with Crippen molar-refractivity contribution in [3.05, 3.63) is 64.8 Å². The Balaban J connectivity index is 1.83. The number of halogens is 4. The lowest BCUT2D eigenvalue weighted by Gasteiger charge is -2.21. The van der Waals surface area contributed by atoms with E-state index >= 15 is 0 Å². The van der Waals surface area contributed by atoms with Crippen LogP contribution in [0.3, 0.4) is 0 Å². The highest BCUT2D eigenvalue weighted by atomic mass is 35.5. The Kier molecular flexibility index (Phi) is 6.16. The quantitative estimate of drug-likeness (QED) is 0.507. The topological polar surface area (TPSA) is 67.7 Å². The van der Waals surface area contributed by atoms with Gasteiger partial charge >= 0.3 is 6.18 Å². The molecule has 33 heavy (non-hydrogen) atoms. The van der Waals surface area contributed by atoms with E-state index in [4.69, 9.17) is 16.3 Å². The number of alkyl halides is 3. The minimum absolute atomic E-state index is 0.00369. The Morgan fingerprint density at radius 3 is 2.39 bits per heavy atom. The van der Waals surface area contributed by atoms with E-state index in [0.717, 1.165) is 4.31 Å². The average Bonchev–Trinajstić information content (AvgIpc) is 3.31. The zero-order valence-electron chi connectivity index (χ0n) is 17.7. The molecule has 0 bridgehead atoms. The van der Waals surface area contributed by atoms with Crippen molar-refractivity contribution in [2.24, 2.45) is 0 Å². The maximum absolute atomic E-state index is 12.8. The fourth-order valence-electron chi connectivity index (χ4n) is 3.57. The Morgan fingerprint density at radius 2 is 1.76 bits per heavy atom. The molecule has 0 aliphatic carbocycles. The summed E-state index contributed by atoms with van der Waals surface area (Å²) in [6, 6.07) is 13.1. The summed E-state index contributed by atoms with van der Waals surface area (Å²) in [4.78, 5) is 0. The van der Waals surface area contributed by atoms with Gasteiger partial charge in [-0.15, -0.1) is 0 Å². The first-order chi connectivity index (χ1) is 15.5. The number of aromatic nitrogens is 2. The van der Waals surface area contributed by atoms with Crippen molar-refractivity contribution in [3.63, 3.8) is 0 Å². The van der Waals surface area contributed by atoms with E-state index in [1.165, 1.54) is 29.1 Å². The zero-order chi connectivity index (χ0) is 24.0. The summed E-state index contributed by atoms with van der Waals surface area (Å²) in [6.45, 7) is -1.34. The molecule has 0 amide bonds. The monoisotopic (exact) mass is 500 g/mol. The van der Waals surface area contributed by atoms with Gasteiger partial charge in [0.05, 0.1) is 17.9 Å². The number of nitrogens with zero attached hydrogens (tertiary/aromatic N) is 4. The number of ether oxygens (including phenoxy) is 1. The van der Waals surface area contributed by atoms with Crippen molar-refractivity contribution in [3.8, 4) is 22.7 Å². The standard InChI is InChI=1S/C21H20ClF3N4O3S/c1-27(2)33(30,31)28-11-16-17(12-28)26-29(20(16)14-7-9-15(22)10-8-14)18-5-3-4-6-19(18)32-13-21(23,24)25/h3-10H,11-13H2,1-2H3. The molecule has 2 aromatic carbocycles. The van der Waals surface area contributed by atoms with E-state index in [-0.39, 0.29) is 18.8 Å². The lowest BCUT2D eigenvalue weighted by atomic mass is 10.1. The van der Waals surface area contributed by atoms with Crippen molar-refractivity contribution in [2.75, 3.05) is 20.7 Å². The molecule has 0 radical (unpaired) electrons. The zero-order valence-corrected chi connectivity index (χ0v) is 19.2. The summed E-state index contributed by atoms with van der Waals surface area (Å²) in [5, 5.41) is 5.09. The second-order valence-electron chi connectivity index (χ2n) is 7.62. The first-order valence-corrected chi connectivity index (χ1v) is 11.6. The van der Waals surface area contributed by atoms with E-state index < -0.39 is 23.0 Å². The van der Waals surface area contributed by atoms with Gasteiger partial charge in [0.15, 0.2) is 6.61 Å². The molecule has 0 saturated carbocycles. The van der Waals surface area contributed by atoms with Crippen LogP contribution >= 0.6 is 11.6 Å². The number of fused-ring (bicyclic) bond motifs is 1. The van der Waals surface area contributed by atoms with Crippen LogP contribution in [0.15, 0.2) is 48.5 Å². The highest BCUT2D eigenvalue weighted by Gasteiger charge is 2.36. The van der Waals surface area contributed by atoms with E-state index in [0.29, 0.717) is 33.2 Å². The van der Waals surface area contributed by atoms with Crippen LogP contribution in [0.4, 0.5) is 13.2 Å². The summed E-state index contributed by atoms with van der Waals surface area (Å²) in [5.41, 5.74) is 2.72. The Hall–Kier alpha value is -2.60. The van der Waals surface area contributed by atoms with Crippen LogP contribution in [0, 0.1) is 0 Å². The van der Waals surface area contributed by atoms with Crippen LogP contribution < -0.4 is 4.74 Å². The van der Waals surface area contributed by atoms with Gasteiger partial charge in [-0.25, -0.2) is 4.68 Å². The van der Waals surface area contributed by atoms with Crippen LogP contribution in [0.2, 0.25) is 5.02 Å². The molecular formula is C21H20ClF3N4O3S. The second kappa shape index (κ2) is 8.64. The van der Waals surface area contributed by atoms with Gasteiger partial charge in [-0.2, -0.15) is 35.3 Å². The minimum atomic E-state index is -4.50. The minimum Gasteiger partial charge on any atom is -0.482 e. The molecule has 0 fully saturated rings. The summed E-state index contributed by atoms with van der Waals surface area (Å²) in [7, 11) is -0.794. The van der Waals surface area contributed by atoms with Crippen molar-refractivity contribution >= 4 is 21.8 Å². The molecule has 3 aromatic rings. The molecule has 1 aromatic heterocycles. The van der Waals surface area contributed by atoms with E-state index in [1.54, 1.807) is 42.5 Å². The smallest absolute Gasteiger partial charge is 0.422 e. The first kappa shape index (κ1) is 23.6. The Bertz CT molecular complexity index is 1270. The maximum Gasteiger partial charge on any atom is 0.422 e. The lowest BCUT2D eigenvalue weighted by Crippen LogP contribution is -2.36. The van der Waals surface area contributed by atoms with Gasteiger partial charge in [0.2, 0.25) is 0 Å². The Labute approximate surface area is 194 Å². The number of hydrogen-bond acceptors (Lipinski definition) is 4. The van der Waals surface area contributed by atoms with Crippen LogP contribution in [0.1, 0.15) is 11.3 Å². The van der Waals surface area contributed by atoms with Crippen molar-refractivity contribution in [1.82, 2.24) is 18.4 Å². The van der Waals surface area contributed by atoms with Gasteiger partial charge in [0.25, 0.3) is 10.2 Å². The van der Waals surface area contributed by atoms with Gasteiger partial charge in [0, 0.05) is 36.8 Å². The molecule has 7 nitrogen and oxygen atoms in total. The third-order valence-electron chi connectivity index (χ3n) is 5.12. The van der Waals surface area contributed by atoms with Crippen molar-refractivity contribution < 1.29 is 26.3 Å². The van der Waals surface area contributed by atoms with Crippen LogP contribution in [-0.4, -0.2) is 53.7 Å². The molecular weight excluding hydrogens is 481 g/mol.